The maximum atomic E-state index is 14.8. The van der Waals surface area contributed by atoms with Gasteiger partial charge in [0.2, 0.25) is 11.6 Å². The molecule has 3 nitrogen and oxygen atoms in total. The first-order chi connectivity index (χ1) is 19.8. The van der Waals surface area contributed by atoms with Crippen LogP contribution < -0.4 is 9.47 Å². The van der Waals surface area contributed by atoms with Gasteiger partial charge >= 0.3 is 5.97 Å². The van der Waals surface area contributed by atoms with Crippen LogP contribution in [-0.2, 0) is 0 Å². The van der Waals surface area contributed by atoms with Gasteiger partial charge in [0.15, 0.2) is 23.1 Å². The van der Waals surface area contributed by atoms with Crippen LogP contribution in [0, 0.1) is 30.2 Å². The lowest BCUT2D eigenvalue weighted by Crippen LogP contribution is -2.10. The molecule has 0 saturated heterocycles. The van der Waals surface area contributed by atoms with E-state index in [4.69, 9.17) is 9.47 Å². The molecular formula is C34H32F4O3. The molecule has 0 aliphatic carbocycles. The van der Waals surface area contributed by atoms with Gasteiger partial charge in [-0.25, -0.2) is 13.6 Å². The van der Waals surface area contributed by atoms with Crippen molar-refractivity contribution in [2.75, 3.05) is 6.61 Å². The van der Waals surface area contributed by atoms with Crippen LogP contribution in [0.2, 0.25) is 0 Å². The Hall–Kier alpha value is -4.13. The molecule has 0 atom stereocenters. The highest BCUT2D eigenvalue weighted by atomic mass is 19.2. The first-order valence-corrected chi connectivity index (χ1v) is 13.8. The van der Waals surface area contributed by atoms with E-state index in [1.807, 2.05) is 6.92 Å². The van der Waals surface area contributed by atoms with Crippen LogP contribution in [0.25, 0.3) is 22.3 Å². The number of unbranched alkanes of at least 4 members (excludes halogenated alkanes) is 5. The number of hydrogen-bond acceptors (Lipinski definition) is 3. The van der Waals surface area contributed by atoms with Crippen molar-refractivity contribution >= 4 is 5.97 Å². The van der Waals surface area contributed by atoms with E-state index in [1.54, 1.807) is 24.3 Å². The molecule has 0 unspecified atom stereocenters. The summed E-state index contributed by atoms with van der Waals surface area (Å²) in [6, 6.07) is 17.7. The van der Waals surface area contributed by atoms with E-state index < -0.39 is 35.0 Å². The summed E-state index contributed by atoms with van der Waals surface area (Å²) in [4.78, 5) is 12.6. The van der Waals surface area contributed by atoms with Gasteiger partial charge in [-0.05, 0) is 60.9 Å². The smallest absolute Gasteiger partial charge is 0.343 e. The van der Waals surface area contributed by atoms with Crippen molar-refractivity contribution in [1.29, 1.82) is 0 Å². The molecule has 7 heteroatoms. The van der Waals surface area contributed by atoms with Crippen molar-refractivity contribution in [3.63, 3.8) is 0 Å². The molecule has 0 amide bonds. The van der Waals surface area contributed by atoms with Crippen LogP contribution in [0.4, 0.5) is 17.6 Å². The van der Waals surface area contributed by atoms with E-state index >= 15 is 0 Å². The lowest BCUT2D eigenvalue weighted by Gasteiger charge is -2.11. The highest BCUT2D eigenvalue weighted by Crippen LogP contribution is 2.32. The number of esters is 1. The fourth-order valence-electron chi connectivity index (χ4n) is 4.44. The third-order valence-corrected chi connectivity index (χ3v) is 6.85. The maximum absolute atomic E-state index is 14.8. The standard InChI is InChI=1S/C34H32F4O3/c1-3-4-5-6-7-8-21-40-28-19-17-26(30(35)32(28)37)24-13-15-25(16-14-24)34(39)41-29-20-18-27(31(36)33(29)38)23-11-9-22(2)10-12-23/h9-20H,3-8,21H2,1-2H3. The monoisotopic (exact) mass is 564 g/mol. The van der Waals surface area contributed by atoms with E-state index in [2.05, 4.69) is 6.92 Å². The van der Waals surface area contributed by atoms with Gasteiger partial charge in [0.05, 0.1) is 12.2 Å². The minimum atomic E-state index is -1.29. The number of hydrogen-bond donors (Lipinski definition) is 0. The van der Waals surface area contributed by atoms with E-state index in [0.29, 0.717) is 17.7 Å². The Bertz CT molecular complexity index is 1480. The van der Waals surface area contributed by atoms with Crippen LogP contribution in [0.5, 0.6) is 11.5 Å². The van der Waals surface area contributed by atoms with E-state index in [9.17, 15) is 22.4 Å². The van der Waals surface area contributed by atoms with Crippen molar-refractivity contribution in [2.24, 2.45) is 0 Å². The van der Waals surface area contributed by atoms with Crippen molar-refractivity contribution in [3.05, 3.63) is 107 Å². The van der Waals surface area contributed by atoms with Gasteiger partial charge < -0.3 is 9.47 Å². The maximum Gasteiger partial charge on any atom is 0.343 e. The predicted molar refractivity (Wildman–Crippen MR) is 152 cm³/mol. The Morgan fingerprint density at radius 3 is 1.73 bits per heavy atom. The van der Waals surface area contributed by atoms with Crippen molar-refractivity contribution in [2.45, 2.75) is 52.4 Å². The summed E-state index contributed by atoms with van der Waals surface area (Å²) < 4.78 is 69.5. The second-order valence-corrected chi connectivity index (χ2v) is 9.93. The van der Waals surface area contributed by atoms with Gasteiger partial charge in [0.1, 0.15) is 0 Å². The molecule has 0 N–H and O–H groups in total. The Labute approximate surface area is 237 Å². The number of rotatable bonds is 12. The highest BCUT2D eigenvalue weighted by molar-refractivity contribution is 5.91. The molecule has 0 aromatic heterocycles. The fraction of sp³-hybridized carbons (Fsp3) is 0.265. The summed E-state index contributed by atoms with van der Waals surface area (Å²) in [5, 5.41) is 0. The minimum Gasteiger partial charge on any atom is -0.490 e. The average Bonchev–Trinajstić information content (AvgIpc) is 2.98. The van der Waals surface area contributed by atoms with Gasteiger partial charge in [-0.1, -0.05) is 81.0 Å². The normalized spacial score (nSPS) is 11.0. The van der Waals surface area contributed by atoms with E-state index in [1.165, 1.54) is 55.0 Å². The first-order valence-electron chi connectivity index (χ1n) is 13.8. The summed E-state index contributed by atoms with van der Waals surface area (Å²) in [7, 11) is 0. The van der Waals surface area contributed by atoms with E-state index in [0.717, 1.165) is 37.7 Å². The molecule has 0 spiro atoms. The van der Waals surface area contributed by atoms with Crippen LogP contribution in [-0.4, -0.2) is 12.6 Å². The molecule has 4 rings (SSSR count). The molecule has 41 heavy (non-hydrogen) atoms. The van der Waals surface area contributed by atoms with Crippen LogP contribution >= 0.6 is 0 Å². The third-order valence-electron chi connectivity index (χ3n) is 6.85. The van der Waals surface area contributed by atoms with Crippen molar-refractivity contribution in [1.82, 2.24) is 0 Å². The number of aryl methyl sites for hydroxylation is 1. The SMILES string of the molecule is CCCCCCCCOc1ccc(-c2ccc(C(=O)Oc3ccc(-c4ccc(C)cc4)c(F)c3F)cc2)c(F)c1F. The zero-order chi connectivity index (χ0) is 29.4. The van der Waals surface area contributed by atoms with E-state index in [-0.39, 0.29) is 22.4 Å². The van der Waals surface area contributed by atoms with Crippen LogP contribution in [0.1, 0.15) is 61.4 Å². The Kier molecular flexibility index (Phi) is 10.2. The largest absolute Gasteiger partial charge is 0.490 e. The zero-order valence-electron chi connectivity index (χ0n) is 23.1. The molecule has 0 aliphatic heterocycles. The average molecular weight is 565 g/mol. The number of ether oxygens (including phenoxy) is 2. The molecule has 4 aromatic carbocycles. The predicted octanol–water partition coefficient (Wildman–Crippen LogP) is 9.84. The van der Waals surface area contributed by atoms with Crippen LogP contribution in [0.3, 0.4) is 0 Å². The number of halogens is 4. The summed E-state index contributed by atoms with van der Waals surface area (Å²) in [6.07, 6.45) is 6.32. The van der Waals surface area contributed by atoms with Crippen molar-refractivity contribution in [3.8, 4) is 33.8 Å². The lowest BCUT2D eigenvalue weighted by molar-refractivity contribution is 0.0726. The molecule has 0 heterocycles. The van der Waals surface area contributed by atoms with Gasteiger partial charge in [0, 0.05) is 11.1 Å². The van der Waals surface area contributed by atoms with Gasteiger partial charge in [0.25, 0.3) is 0 Å². The number of carbonyl (C=O) groups is 1. The summed E-state index contributed by atoms with van der Waals surface area (Å²) in [5.74, 6) is -6.20. The van der Waals surface area contributed by atoms with Gasteiger partial charge in [-0.2, -0.15) is 8.78 Å². The quantitative estimate of drug-likeness (QED) is 0.0744. The molecular weight excluding hydrogens is 532 g/mol. The zero-order valence-corrected chi connectivity index (χ0v) is 23.1. The molecule has 4 aromatic rings. The number of carbonyl (C=O) groups excluding carboxylic acids is 1. The van der Waals surface area contributed by atoms with Crippen molar-refractivity contribution < 1.29 is 31.8 Å². The molecule has 214 valence electrons. The minimum absolute atomic E-state index is 0.00542. The highest BCUT2D eigenvalue weighted by Gasteiger charge is 2.20. The summed E-state index contributed by atoms with van der Waals surface area (Å²) >= 11 is 0. The fourth-order valence-corrected chi connectivity index (χ4v) is 4.44. The number of benzene rings is 4. The second-order valence-electron chi connectivity index (χ2n) is 9.93. The van der Waals surface area contributed by atoms with Gasteiger partial charge in [-0.3, -0.25) is 0 Å². The Morgan fingerprint density at radius 1 is 0.610 bits per heavy atom. The Balaban J connectivity index is 1.40. The molecule has 0 bridgehead atoms. The summed E-state index contributed by atoms with van der Waals surface area (Å²) in [5.41, 5.74) is 1.84. The molecule has 0 aliphatic rings. The van der Waals surface area contributed by atoms with Crippen LogP contribution in [0.15, 0.2) is 72.8 Å². The second kappa shape index (κ2) is 14.0. The topological polar surface area (TPSA) is 35.5 Å². The lowest BCUT2D eigenvalue weighted by atomic mass is 10.0. The molecule has 0 fully saturated rings. The Morgan fingerprint density at radius 2 is 1.12 bits per heavy atom. The first kappa shape index (κ1) is 29.8. The molecule has 0 radical (unpaired) electrons. The third kappa shape index (κ3) is 7.34. The summed E-state index contributed by atoms with van der Waals surface area (Å²) in [6.45, 7) is 4.33. The molecule has 0 saturated carbocycles. The van der Waals surface area contributed by atoms with Gasteiger partial charge in [-0.15, -0.1) is 0 Å².